The minimum absolute atomic E-state index is 0.0355. The molecule has 0 spiro atoms. The summed E-state index contributed by atoms with van der Waals surface area (Å²) >= 11 is 0. The molecule has 374 valence electrons. The first-order valence-corrected chi connectivity index (χ1v) is 27.9. The quantitative estimate of drug-likeness (QED) is 0.0245. The van der Waals surface area contributed by atoms with Gasteiger partial charge in [0.2, 0.25) is 5.91 Å². The highest BCUT2D eigenvalue weighted by Gasteiger charge is 2.20. The largest absolute Gasteiger partial charge is 0.466 e. The number of aliphatic hydroxyl groups excluding tert-OH is 2. The molecule has 0 aliphatic carbocycles. The molecule has 2 atom stereocenters. The van der Waals surface area contributed by atoms with Gasteiger partial charge in [0.25, 0.3) is 0 Å². The predicted octanol–water partition coefficient (Wildman–Crippen LogP) is 17.0. The molecule has 0 aliphatic heterocycles. The SMILES string of the molecule is CCCCCC/C=C\C/C=C\CCCCCCCC(=O)OCCCCC/C=C\C=C/CCCCCCCCC(=O)NC(CO)C(O)CCCCCCCCCCCCCCCCCC. The normalized spacial score (nSPS) is 13.0. The Labute approximate surface area is 397 Å². The first kappa shape index (κ1) is 61.8. The fourth-order valence-corrected chi connectivity index (χ4v) is 8.31. The maximum Gasteiger partial charge on any atom is 0.305 e. The number of ether oxygens (including phenoxy) is 1. The van der Waals surface area contributed by atoms with Crippen LogP contribution in [0.4, 0.5) is 0 Å². The van der Waals surface area contributed by atoms with E-state index in [1.54, 1.807) is 0 Å². The summed E-state index contributed by atoms with van der Waals surface area (Å²) in [7, 11) is 0. The first-order chi connectivity index (χ1) is 31.5. The Hall–Kier alpha value is -2.18. The van der Waals surface area contributed by atoms with Gasteiger partial charge in [0, 0.05) is 12.8 Å². The number of hydrogen-bond acceptors (Lipinski definition) is 5. The van der Waals surface area contributed by atoms with Crippen LogP contribution in [0.2, 0.25) is 0 Å². The van der Waals surface area contributed by atoms with Gasteiger partial charge in [-0.3, -0.25) is 9.59 Å². The summed E-state index contributed by atoms with van der Waals surface area (Å²) in [6, 6.07) is -0.559. The molecule has 6 nitrogen and oxygen atoms in total. The minimum atomic E-state index is -0.680. The molecule has 0 aliphatic rings. The molecule has 2 unspecified atom stereocenters. The van der Waals surface area contributed by atoms with Crippen LogP contribution in [-0.4, -0.2) is 47.4 Å². The van der Waals surface area contributed by atoms with Crippen LogP contribution in [0.25, 0.3) is 0 Å². The topological polar surface area (TPSA) is 95.9 Å². The molecule has 0 heterocycles. The van der Waals surface area contributed by atoms with Gasteiger partial charge in [0.05, 0.1) is 25.4 Å². The van der Waals surface area contributed by atoms with Crippen LogP contribution in [0.5, 0.6) is 0 Å². The zero-order valence-electron chi connectivity index (χ0n) is 42.5. The van der Waals surface area contributed by atoms with Crippen LogP contribution in [-0.2, 0) is 14.3 Å². The van der Waals surface area contributed by atoms with E-state index < -0.39 is 12.1 Å². The second-order valence-corrected chi connectivity index (χ2v) is 18.9. The van der Waals surface area contributed by atoms with Crippen molar-refractivity contribution in [3.05, 3.63) is 48.6 Å². The van der Waals surface area contributed by atoms with E-state index in [2.05, 4.69) is 67.8 Å². The van der Waals surface area contributed by atoms with Gasteiger partial charge in [-0.15, -0.1) is 0 Å². The van der Waals surface area contributed by atoms with Crippen molar-refractivity contribution in [1.82, 2.24) is 5.32 Å². The van der Waals surface area contributed by atoms with Crippen LogP contribution in [0, 0.1) is 0 Å². The van der Waals surface area contributed by atoms with Crippen LogP contribution >= 0.6 is 0 Å². The molecule has 64 heavy (non-hydrogen) atoms. The maximum atomic E-state index is 12.5. The van der Waals surface area contributed by atoms with E-state index in [0.29, 0.717) is 25.9 Å². The molecule has 0 saturated heterocycles. The van der Waals surface area contributed by atoms with Crippen molar-refractivity contribution in [2.24, 2.45) is 0 Å². The fraction of sp³-hybridized carbons (Fsp3) is 0.828. The highest BCUT2D eigenvalue weighted by Crippen LogP contribution is 2.16. The summed E-state index contributed by atoms with van der Waals surface area (Å²) < 4.78 is 5.44. The van der Waals surface area contributed by atoms with Crippen LogP contribution in [0.3, 0.4) is 0 Å². The van der Waals surface area contributed by atoms with E-state index in [1.165, 1.54) is 161 Å². The lowest BCUT2D eigenvalue weighted by Crippen LogP contribution is -2.45. The number of unbranched alkanes of at least 4 members (excludes halogenated alkanes) is 33. The van der Waals surface area contributed by atoms with E-state index in [0.717, 1.165) is 89.9 Å². The highest BCUT2D eigenvalue weighted by molar-refractivity contribution is 5.76. The van der Waals surface area contributed by atoms with Gasteiger partial charge in [-0.25, -0.2) is 0 Å². The summed E-state index contributed by atoms with van der Waals surface area (Å²) in [5.41, 5.74) is 0. The van der Waals surface area contributed by atoms with E-state index >= 15 is 0 Å². The molecular weight excluding hydrogens is 791 g/mol. The zero-order chi connectivity index (χ0) is 46.5. The average molecular weight is 898 g/mol. The third kappa shape index (κ3) is 49.3. The lowest BCUT2D eigenvalue weighted by Gasteiger charge is -2.22. The predicted molar refractivity (Wildman–Crippen MR) is 278 cm³/mol. The van der Waals surface area contributed by atoms with Gasteiger partial charge in [0.1, 0.15) is 0 Å². The van der Waals surface area contributed by atoms with Gasteiger partial charge >= 0.3 is 5.97 Å². The van der Waals surface area contributed by atoms with E-state index in [4.69, 9.17) is 4.74 Å². The van der Waals surface area contributed by atoms with Gasteiger partial charge in [-0.05, 0) is 89.9 Å². The molecule has 0 radical (unpaired) electrons. The van der Waals surface area contributed by atoms with E-state index in [-0.39, 0.29) is 18.5 Å². The van der Waals surface area contributed by atoms with Crippen LogP contribution in [0.1, 0.15) is 284 Å². The van der Waals surface area contributed by atoms with E-state index in [1.807, 2.05) is 0 Å². The summed E-state index contributed by atoms with van der Waals surface area (Å²) in [4.78, 5) is 24.5. The summed E-state index contributed by atoms with van der Waals surface area (Å²) in [5, 5.41) is 23.2. The maximum absolute atomic E-state index is 12.5. The van der Waals surface area contributed by atoms with E-state index in [9.17, 15) is 19.8 Å². The van der Waals surface area contributed by atoms with Gasteiger partial charge in [0.15, 0.2) is 0 Å². The summed E-state index contributed by atoms with van der Waals surface area (Å²) in [5.74, 6) is -0.0935. The van der Waals surface area contributed by atoms with Crippen molar-refractivity contribution < 1.29 is 24.5 Å². The van der Waals surface area contributed by atoms with Gasteiger partial charge in [-0.2, -0.15) is 0 Å². The molecule has 0 fully saturated rings. The second kappa shape index (κ2) is 53.4. The van der Waals surface area contributed by atoms with Crippen molar-refractivity contribution in [2.45, 2.75) is 296 Å². The van der Waals surface area contributed by atoms with Crippen molar-refractivity contribution in [2.75, 3.05) is 13.2 Å². The lowest BCUT2D eigenvalue weighted by atomic mass is 10.0. The Balaban J connectivity index is 3.54. The molecule has 0 aromatic heterocycles. The number of hydrogen-bond donors (Lipinski definition) is 3. The average Bonchev–Trinajstić information content (AvgIpc) is 3.29. The molecule has 6 heteroatoms. The smallest absolute Gasteiger partial charge is 0.305 e. The van der Waals surface area contributed by atoms with Gasteiger partial charge in [-0.1, -0.05) is 229 Å². The number of nitrogens with one attached hydrogen (secondary N) is 1. The zero-order valence-corrected chi connectivity index (χ0v) is 42.5. The van der Waals surface area contributed by atoms with Crippen molar-refractivity contribution in [3.63, 3.8) is 0 Å². The number of carbonyl (C=O) groups is 2. The molecule has 0 aromatic carbocycles. The Bertz CT molecular complexity index is 1080. The molecule has 1 amide bonds. The Morgan fingerprint density at radius 1 is 0.453 bits per heavy atom. The molecule has 0 saturated carbocycles. The Morgan fingerprint density at radius 2 is 0.828 bits per heavy atom. The van der Waals surface area contributed by atoms with Crippen LogP contribution < -0.4 is 5.32 Å². The standard InChI is InChI=1S/C58H107NO5/c1-3-5-7-9-11-13-15-17-19-22-26-30-34-38-42-46-50-56(61)55(54-60)59-57(62)51-47-43-39-35-31-27-23-21-25-29-33-37-41-45-49-53-64-58(63)52-48-44-40-36-32-28-24-20-18-16-14-12-10-8-6-4-2/h14,16,20-21,24-25,29,33,55-56,60-61H,3-13,15,17-19,22-23,26-28,30-32,34-54H2,1-2H3,(H,59,62)/b16-14-,24-20-,25-21-,33-29-. The van der Waals surface area contributed by atoms with Crippen LogP contribution in [0.15, 0.2) is 48.6 Å². The molecular formula is C58H107NO5. The second-order valence-electron chi connectivity index (χ2n) is 18.9. The summed E-state index contributed by atoms with van der Waals surface area (Å²) in [6.45, 7) is 4.87. The Kier molecular flexibility index (Phi) is 51.6. The Morgan fingerprint density at radius 3 is 1.30 bits per heavy atom. The van der Waals surface area contributed by atoms with Crippen molar-refractivity contribution in [3.8, 4) is 0 Å². The molecule has 3 N–H and O–H groups in total. The highest BCUT2D eigenvalue weighted by atomic mass is 16.5. The third-order valence-corrected chi connectivity index (χ3v) is 12.6. The molecule has 0 aromatic rings. The number of rotatable bonds is 51. The first-order valence-electron chi connectivity index (χ1n) is 27.9. The molecule has 0 bridgehead atoms. The third-order valence-electron chi connectivity index (χ3n) is 12.6. The number of esters is 1. The number of allylic oxidation sites excluding steroid dienone is 8. The number of aliphatic hydroxyl groups is 2. The summed E-state index contributed by atoms with van der Waals surface area (Å²) in [6.07, 6.45) is 66.6. The monoisotopic (exact) mass is 898 g/mol. The minimum Gasteiger partial charge on any atom is -0.466 e. The lowest BCUT2D eigenvalue weighted by molar-refractivity contribution is -0.143. The number of carbonyl (C=O) groups excluding carboxylic acids is 2. The van der Waals surface area contributed by atoms with Crippen molar-refractivity contribution in [1.29, 1.82) is 0 Å². The number of amides is 1. The van der Waals surface area contributed by atoms with Crippen molar-refractivity contribution >= 4 is 11.9 Å². The molecule has 0 rings (SSSR count). The fourth-order valence-electron chi connectivity index (χ4n) is 8.31. The van der Waals surface area contributed by atoms with Gasteiger partial charge < -0.3 is 20.3 Å².